The minimum absolute atomic E-state index is 0. The van der Waals surface area contributed by atoms with E-state index in [2.05, 4.69) is 4.72 Å². The van der Waals surface area contributed by atoms with Crippen molar-refractivity contribution in [2.75, 3.05) is 0 Å². The summed E-state index contributed by atoms with van der Waals surface area (Å²) in [7, 11) is -3.26. The average molecular weight is 235 g/mol. The SMILES string of the molecule is Cc1ccc(S(=O)(=O)NC2CC2)cc1.[H-].[Na+]. The Labute approximate surface area is 114 Å². The smallest absolute Gasteiger partial charge is 1.00 e. The second kappa shape index (κ2) is 4.97. The molecule has 1 N–H and O–H groups in total. The summed E-state index contributed by atoms with van der Waals surface area (Å²) in [5.41, 5.74) is 1.07. The van der Waals surface area contributed by atoms with Gasteiger partial charge >= 0.3 is 29.6 Å². The van der Waals surface area contributed by atoms with Crippen molar-refractivity contribution in [3.05, 3.63) is 29.8 Å². The third kappa shape index (κ3) is 3.57. The van der Waals surface area contributed by atoms with E-state index in [1.165, 1.54) is 0 Å². The van der Waals surface area contributed by atoms with E-state index in [4.69, 9.17) is 0 Å². The van der Waals surface area contributed by atoms with Gasteiger partial charge < -0.3 is 1.43 Å². The van der Waals surface area contributed by atoms with Crippen molar-refractivity contribution in [3.8, 4) is 0 Å². The van der Waals surface area contributed by atoms with E-state index in [0.717, 1.165) is 18.4 Å². The fourth-order valence-electron chi connectivity index (χ4n) is 1.21. The van der Waals surface area contributed by atoms with E-state index >= 15 is 0 Å². The standard InChI is InChI=1S/C10H13NO2S.Na.H/c1-8-2-6-10(7-3-8)14(12,13)11-9-4-5-9;;/h2-3,6-7,9,11H,4-5H2,1H3;;/q;+1;-1. The predicted octanol–water partition coefficient (Wildman–Crippen LogP) is -1.45. The zero-order valence-electron chi connectivity index (χ0n) is 10.0. The van der Waals surface area contributed by atoms with Crippen molar-refractivity contribution >= 4 is 10.0 Å². The van der Waals surface area contributed by atoms with Crippen molar-refractivity contribution < 1.29 is 39.4 Å². The van der Waals surface area contributed by atoms with Gasteiger partial charge in [-0.3, -0.25) is 0 Å². The van der Waals surface area contributed by atoms with Crippen LogP contribution in [0.25, 0.3) is 0 Å². The molecular weight excluding hydrogens is 221 g/mol. The van der Waals surface area contributed by atoms with Gasteiger partial charge in [-0.15, -0.1) is 0 Å². The van der Waals surface area contributed by atoms with Crippen molar-refractivity contribution in [2.45, 2.75) is 30.7 Å². The summed E-state index contributed by atoms with van der Waals surface area (Å²) in [4.78, 5) is 0.356. The Morgan fingerprint density at radius 1 is 1.27 bits per heavy atom. The third-order valence-corrected chi connectivity index (χ3v) is 3.77. The van der Waals surface area contributed by atoms with Gasteiger partial charge in [0.05, 0.1) is 4.90 Å². The molecule has 0 amide bonds. The Bertz CT molecular complexity index is 429. The molecule has 0 saturated heterocycles. The van der Waals surface area contributed by atoms with Gasteiger partial charge in [-0.2, -0.15) is 0 Å². The van der Waals surface area contributed by atoms with Gasteiger partial charge in [-0.25, -0.2) is 13.1 Å². The van der Waals surface area contributed by atoms with Crippen molar-refractivity contribution in [1.82, 2.24) is 4.72 Å². The van der Waals surface area contributed by atoms with E-state index in [9.17, 15) is 8.42 Å². The second-order valence-electron chi connectivity index (χ2n) is 3.71. The second-order valence-corrected chi connectivity index (χ2v) is 5.42. The van der Waals surface area contributed by atoms with Crippen molar-refractivity contribution in [1.29, 1.82) is 0 Å². The summed E-state index contributed by atoms with van der Waals surface area (Å²) in [5, 5.41) is 0. The van der Waals surface area contributed by atoms with Gasteiger partial charge in [0.1, 0.15) is 0 Å². The van der Waals surface area contributed by atoms with Gasteiger partial charge in [0.25, 0.3) is 0 Å². The quantitative estimate of drug-likeness (QED) is 0.652. The molecule has 0 atom stereocenters. The average Bonchev–Trinajstić information content (AvgIpc) is 2.88. The van der Waals surface area contributed by atoms with E-state index in [1.54, 1.807) is 12.1 Å². The summed E-state index contributed by atoms with van der Waals surface area (Å²) in [6.07, 6.45) is 1.93. The van der Waals surface area contributed by atoms with Gasteiger partial charge in [-0.1, -0.05) is 17.7 Å². The molecule has 78 valence electrons. The molecule has 3 nitrogen and oxygen atoms in total. The van der Waals surface area contributed by atoms with Crippen molar-refractivity contribution in [2.24, 2.45) is 0 Å². The number of aryl methyl sites for hydroxylation is 1. The molecule has 1 fully saturated rings. The molecule has 0 heterocycles. The molecule has 1 aromatic rings. The minimum atomic E-state index is -3.26. The largest absolute Gasteiger partial charge is 1.00 e. The first-order chi connectivity index (χ1) is 6.58. The van der Waals surface area contributed by atoms with Gasteiger partial charge in [0.2, 0.25) is 10.0 Å². The maximum absolute atomic E-state index is 11.7. The molecule has 15 heavy (non-hydrogen) atoms. The molecule has 1 aliphatic carbocycles. The van der Waals surface area contributed by atoms with Crippen LogP contribution in [0.4, 0.5) is 0 Å². The summed E-state index contributed by atoms with van der Waals surface area (Å²) >= 11 is 0. The maximum atomic E-state index is 11.7. The molecule has 0 unspecified atom stereocenters. The summed E-state index contributed by atoms with van der Waals surface area (Å²) < 4.78 is 26.0. The summed E-state index contributed by atoms with van der Waals surface area (Å²) in [5.74, 6) is 0. The molecule has 1 aromatic carbocycles. The van der Waals surface area contributed by atoms with Crippen LogP contribution in [0.5, 0.6) is 0 Å². The van der Waals surface area contributed by atoms with Crippen LogP contribution in [0, 0.1) is 6.92 Å². The molecule has 0 spiro atoms. The fourth-order valence-corrected chi connectivity index (χ4v) is 2.51. The normalized spacial score (nSPS) is 15.8. The maximum Gasteiger partial charge on any atom is 1.00 e. The van der Waals surface area contributed by atoms with Crippen molar-refractivity contribution in [3.63, 3.8) is 0 Å². The summed E-state index contributed by atoms with van der Waals surface area (Å²) in [6, 6.07) is 7.06. The van der Waals surface area contributed by atoms with Crippen LogP contribution >= 0.6 is 0 Å². The monoisotopic (exact) mass is 235 g/mol. The van der Waals surface area contributed by atoms with E-state index < -0.39 is 10.0 Å². The number of benzene rings is 1. The Morgan fingerprint density at radius 2 is 1.80 bits per heavy atom. The first kappa shape index (κ1) is 13.2. The summed E-state index contributed by atoms with van der Waals surface area (Å²) in [6.45, 7) is 1.94. The Hall–Kier alpha value is 0.130. The fraction of sp³-hybridized carbons (Fsp3) is 0.400. The number of sulfonamides is 1. The number of rotatable bonds is 3. The van der Waals surface area contributed by atoms with Crippen LogP contribution in [0.15, 0.2) is 29.2 Å². The van der Waals surface area contributed by atoms with Crippen LogP contribution in [0.3, 0.4) is 0 Å². The molecule has 0 aromatic heterocycles. The van der Waals surface area contributed by atoms with E-state index in [-0.39, 0.29) is 37.0 Å². The van der Waals surface area contributed by atoms with E-state index in [1.807, 2.05) is 19.1 Å². The molecule has 1 aliphatic rings. The molecular formula is C10H14NNaO2S. The van der Waals surface area contributed by atoms with Crippen LogP contribution in [-0.2, 0) is 10.0 Å². The first-order valence-electron chi connectivity index (χ1n) is 4.67. The molecule has 1 saturated carbocycles. The first-order valence-corrected chi connectivity index (χ1v) is 6.15. The molecule has 2 rings (SSSR count). The number of nitrogens with one attached hydrogen (secondary N) is 1. The number of hydrogen-bond acceptors (Lipinski definition) is 2. The van der Waals surface area contributed by atoms with Gasteiger partial charge in [-0.05, 0) is 31.9 Å². The van der Waals surface area contributed by atoms with E-state index in [0.29, 0.717) is 4.90 Å². The van der Waals surface area contributed by atoms with Crippen LogP contribution < -0.4 is 34.3 Å². The van der Waals surface area contributed by atoms with Gasteiger partial charge in [0.15, 0.2) is 0 Å². The zero-order chi connectivity index (χ0) is 10.2. The molecule has 0 bridgehead atoms. The zero-order valence-corrected chi connectivity index (χ0v) is 11.8. The van der Waals surface area contributed by atoms with Gasteiger partial charge in [0, 0.05) is 6.04 Å². The molecule has 0 aliphatic heterocycles. The molecule has 5 heteroatoms. The number of hydrogen-bond donors (Lipinski definition) is 1. The van der Waals surface area contributed by atoms with Crippen LogP contribution in [0.2, 0.25) is 0 Å². The van der Waals surface area contributed by atoms with Crippen LogP contribution in [0.1, 0.15) is 19.8 Å². The predicted molar refractivity (Wildman–Crippen MR) is 55.6 cm³/mol. The Morgan fingerprint density at radius 3 is 2.27 bits per heavy atom. The van der Waals surface area contributed by atoms with Crippen LogP contribution in [-0.4, -0.2) is 14.5 Å². The molecule has 0 radical (unpaired) electrons. The topological polar surface area (TPSA) is 46.2 Å². The Balaban J connectivity index is 0.00000112. The third-order valence-electron chi connectivity index (χ3n) is 2.23. The minimum Gasteiger partial charge on any atom is -1.00 e. The Kier molecular flexibility index (Phi) is 4.38.